The Balaban J connectivity index is 1.75. The SMILES string of the molecule is CCc1ncc(C(=O)NC2CCCCCN(C(C)c3ccc(OC)c(C)c3C)C(C)C2)cc1Cl. The van der Waals surface area contributed by atoms with Crippen molar-refractivity contribution in [1.29, 1.82) is 0 Å². The van der Waals surface area contributed by atoms with Crippen LogP contribution in [0.15, 0.2) is 24.4 Å². The highest BCUT2D eigenvalue weighted by Crippen LogP contribution is 2.33. The van der Waals surface area contributed by atoms with Crippen LogP contribution in [-0.4, -0.2) is 41.5 Å². The maximum atomic E-state index is 13.0. The molecule has 0 bridgehead atoms. The fraction of sp³-hybridized carbons (Fsp3) is 0.571. The van der Waals surface area contributed by atoms with E-state index in [0.29, 0.717) is 22.7 Å². The summed E-state index contributed by atoms with van der Waals surface area (Å²) in [6.45, 7) is 12.0. The van der Waals surface area contributed by atoms with Crippen LogP contribution in [0.2, 0.25) is 5.02 Å². The molecule has 34 heavy (non-hydrogen) atoms. The number of hydrogen-bond acceptors (Lipinski definition) is 4. The van der Waals surface area contributed by atoms with E-state index in [1.807, 2.05) is 6.92 Å². The maximum Gasteiger partial charge on any atom is 0.253 e. The second-order valence-corrected chi connectivity index (χ2v) is 10.0. The number of halogens is 1. The van der Waals surface area contributed by atoms with Crippen molar-refractivity contribution in [1.82, 2.24) is 15.2 Å². The Morgan fingerprint density at radius 3 is 2.71 bits per heavy atom. The number of amides is 1. The van der Waals surface area contributed by atoms with Crippen LogP contribution in [0.1, 0.15) is 91.7 Å². The van der Waals surface area contributed by atoms with Gasteiger partial charge in [-0.1, -0.05) is 37.4 Å². The monoisotopic (exact) mass is 485 g/mol. The number of hydrogen-bond donors (Lipinski definition) is 1. The van der Waals surface area contributed by atoms with Crippen molar-refractivity contribution < 1.29 is 9.53 Å². The first-order chi connectivity index (χ1) is 16.3. The number of nitrogens with zero attached hydrogens (tertiary/aromatic N) is 2. The minimum absolute atomic E-state index is 0.0882. The van der Waals surface area contributed by atoms with Crippen molar-refractivity contribution in [2.75, 3.05) is 13.7 Å². The number of carbonyl (C=O) groups is 1. The molecule has 186 valence electrons. The number of aryl methyl sites for hydroxylation is 1. The van der Waals surface area contributed by atoms with E-state index in [4.69, 9.17) is 16.3 Å². The molecule has 3 unspecified atom stereocenters. The summed E-state index contributed by atoms with van der Waals surface area (Å²) < 4.78 is 5.52. The molecule has 1 aliphatic heterocycles. The molecule has 1 aromatic carbocycles. The Kier molecular flexibility index (Phi) is 9.38. The average Bonchev–Trinajstić information content (AvgIpc) is 2.90. The minimum atomic E-state index is -0.0882. The fourth-order valence-corrected chi connectivity index (χ4v) is 5.54. The third kappa shape index (κ3) is 6.11. The van der Waals surface area contributed by atoms with Gasteiger partial charge in [0.15, 0.2) is 0 Å². The fourth-order valence-electron chi connectivity index (χ4n) is 5.24. The molecule has 0 radical (unpaired) electrons. The van der Waals surface area contributed by atoms with Gasteiger partial charge >= 0.3 is 0 Å². The van der Waals surface area contributed by atoms with Gasteiger partial charge in [-0.3, -0.25) is 14.7 Å². The lowest BCUT2D eigenvalue weighted by Gasteiger charge is -2.37. The summed E-state index contributed by atoms with van der Waals surface area (Å²) in [7, 11) is 1.73. The van der Waals surface area contributed by atoms with Gasteiger partial charge in [0.2, 0.25) is 0 Å². The van der Waals surface area contributed by atoms with E-state index < -0.39 is 0 Å². The molecule has 1 aliphatic rings. The molecule has 5 nitrogen and oxygen atoms in total. The highest BCUT2D eigenvalue weighted by atomic mass is 35.5. The zero-order valence-electron chi connectivity index (χ0n) is 21.6. The number of aromatic nitrogens is 1. The number of benzene rings is 1. The predicted octanol–water partition coefficient (Wildman–Crippen LogP) is 6.44. The summed E-state index contributed by atoms with van der Waals surface area (Å²) in [5.74, 6) is 0.852. The third-order valence-electron chi connectivity index (χ3n) is 7.46. The molecule has 0 saturated carbocycles. The second-order valence-electron chi connectivity index (χ2n) is 9.63. The molecule has 0 spiro atoms. The van der Waals surface area contributed by atoms with Crippen LogP contribution in [0, 0.1) is 13.8 Å². The van der Waals surface area contributed by atoms with E-state index in [9.17, 15) is 4.79 Å². The number of carbonyl (C=O) groups excluding carboxylic acids is 1. The number of rotatable bonds is 6. The molecule has 6 heteroatoms. The van der Waals surface area contributed by atoms with Gasteiger partial charge in [0, 0.05) is 24.3 Å². The molecule has 3 atom stereocenters. The lowest BCUT2D eigenvalue weighted by atomic mass is 9.94. The van der Waals surface area contributed by atoms with E-state index in [0.717, 1.165) is 43.7 Å². The summed E-state index contributed by atoms with van der Waals surface area (Å²) in [6, 6.07) is 6.79. The zero-order valence-corrected chi connectivity index (χ0v) is 22.3. The van der Waals surface area contributed by atoms with Crippen molar-refractivity contribution in [2.45, 2.75) is 91.3 Å². The largest absolute Gasteiger partial charge is 0.496 e. The van der Waals surface area contributed by atoms with Crippen LogP contribution in [0.25, 0.3) is 0 Å². The Morgan fingerprint density at radius 2 is 2.03 bits per heavy atom. The lowest BCUT2D eigenvalue weighted by Crippen LogP contribution is -2.42. The van der Waals surface area contributed by atoms with Crippen LogP contribution < -0.4 is 10.1 Å². The highest BCUT2D eigenvalue weighted by molar-refractivity contribution is 6.31. The van der Waals surface area contributed by atoms with Crippen molar-refractivity contribution in [3.8, 4) is 5.75 Å². The molecule has 1 fully saturated rings. The minimum Gasteiger partial charge on any atom is -0.496 e. The van der Waals surface area contributed by atoms with Gasteiger partial charge in [-0.05, 0) is 88.7 Å². The van der Waals surface area contributed by atoms with E-state index in [2.05, 4.69) is 55.0 Å². The van der Waals surface area contributed by atoms with E-state index >= 15 is 0 Å². The van der Waals surface area contributed by atoms with Gasteiger partial charge in [0.1, 0.15) is 5.75 Å². The Morgan fingerprint density at radius 1 is 1.26 bits per heavy atom. The van der Waals surface area contributed by atoms with Crippen molar-refractivity contribution in [3.63, 3.8) is 0 Å². The number of methoxy groups -OCH3 is 1. The van der Waals surface area contributed by atoms with Gasteiger partial charge in [-0.15, -0.1) is 0 Å². The number of ether oxygens (including phenoxy) is 1. The average molecular weight is 486 g/mol. The molecular weight excluding hydrogens is 446 g/mol. The third-order valence-corrected chi connectivity index (χ3v) is 7.78. The van der Waals surface area contributed by atoms with Crippen molar-refractivity contribution >= 4 is 17.5 Å². The van der Waals surface area contributed by atoms with Gasteiger partial charge in [-0.2, -0.15) is 0 Å². The van der Waals surface area contributed by atoms with Gasteiger partial charge < -0.3 is 10.1 Å². The van der Waals surface area contributed by atoms with Crippen LogP contribution in [0.3, 0.4) is 0 Å². The van der Waals surface area contributed by atoms with Gasteiger partial charge in [-0.25, -0.2) is 0 Å². The van der Waals surface area contributed by atoms with Gasteiger partial charge in [0.25, 0.3) is 5.91 Å². The van der Waals surface area contributed by atoms with Crippen LogP contribution in [0.5, 0.6) is 5.75 Å². The topological polar surface area (TPSA) is 54.5 Å². The molecule has 1 aromatic heterocycles. The predicted molar refractivity (Wildman–Crippen MR) is 140 cm³/mol. The Hall–Kier alpha value is -2.11. The van der Waals surface area contributed by atoms with Crippen molar-refractivity contribution in [2.24, 2.45) is 0 Å². The summed E-state index contributed by atoms with van der Waals surface area (Å²) in [4.78, 5) is 20.0. The van der Waals surface area contributed by atoms with E-state index in [1.165, 1.54) is 29.5 Å². The number of pyridine rings is 1. The van der Waals surface area contributed by atoms with Crippen LogP contribution in [0.4, 0.5) is 0 Å². The summed E-state index contributed by atoms with van der Waals surface area (Å²) in [5.41, 5.74) is 5.20. The summed E-state index contributed by atoms with van der Waals surface area (Å²) >= 11 is 6.31. The Bertz CT molecular complexity index is 994. The first-order valence-electron chi connectivity index (χ1n) is 12.6. The standard InChI is InChI=1S/C28H40ClN3O2/c1-7-26-25(29)16-22(17-30-26)28(33)31-23-11-9-8-10-14-32(18(2)15-23)21(5)24-12-13-27(34-6)20(4)19(24)3/h12-13,16-18,21,23H,7-11,14-15H2,1-6H3,(H,31,33). The first-order valence-corrected chi connectivity index (χ1v) is 13.0. The summed E-state index contributed by atoms with van der Waals surface area (Å²) in [6.07, 6.45) is 7.76. The number of nitrogens with one attached hydrogen (secondary N) is 1. The quantitative estimate of drug-likeness (QED) is 0.511. The van der Waals surface area contributed by atoms with E-state index in [-0.39, 0.29) is 11.9 Å². The molecule has 0 aliphatic carbocycles. The van der Waals surface area contributed by atoms with E-state index in [1.54, 1.807) is 19.4 Å². The second kappa shape index (κ2) is 12.0. The maximum absolute atomic E-state index is 13.0. The molecule has 2 aromatic rings. The van der Waals surface area contributed by atoms with Crippen molar-refractivity contribution in [3.05, 3.63) is 57.4 Å². The normalized spacial score (nSPS) is 20.7. The molecule has 3 rings (SSSR count). The van der Waals surface area contributed by atoms with Crippen LogP contribution >= 0.6 is 11.6 Å². The molecule has 2 heterocycles. The molecule has 1 amide bonds. The Labute approximate surface area is 210 Å². The first kappa shape index (κ1) is 26.5. The highest BCUT2D eigenvalue weighted by Gasteiger charge is 2.27. The zero-order chi connectivity index (χ0) is 24.8. The smallest absolute Gasteiger partial charge is 0.253 e. The van der Waals surface area contributed by atoms with Crippen LogP contribution in [-0.2, 0) is 6.42 Å². The summed E-state index contributed by atoms with van der Waals surface area (Å²) in [5, 5.41) is 3.84. The lowest BCUT2D eigenvalue weighted by molar-refractivity contribution is 0.0913. The molecular formula is C28H40ClN3O2. The molecule has 1 saturated heterocycles. The van der Waals surface area contributed by atoms with Gasteiger partial charge in [0.05, 0.1) is 23.4 Å². The molecule has 1 N–H and O–H groups in total.